The Labute approximate surface area is 140 Å². The Bertz CT molecular complexity index is 556. The molecule has 6 heteroatoms. The summed E-state index contributed by atoms with van der Waals surface area (Å²) in [4.78, 5) is 23.9. The quantitative estimate of drug-likeness (QED) is 0.832. The molecule has 0 heterocycles. The molecular weight excluding hydrogens is 325 g/mol. The first-order valence-corrected chi connectivity index (χ1v) is 8.15. The molecule has 22 heavy (non-hydrogen) atoms. The third-order valence-corrected chi connectivity index (χ3v) is 4.32. The maximum atomic E-state index is 12.0. The standard InChI is InChI=1S/C16H19Cl2NO3/c1-10(16(21)19-13-4-2-3-5-13)22-15(20)8-11-6-7-12(17)9-14(11)18/h6-7,9-10,13H,2-5,8H2,1H3,(H,19,21)/t10-/m0/s1. The van der Waals surface area contributed by atoms with Gasteiger partial charge in [-0.1, -0.05) is 42.1 Å². The lowest BCUT2D eigenvalue weighted by Gasteiger charge is -2.17. The minimum atomic E-state index is -0.806. The van der Waals surface area contributed by atoms with E-state index >= 15 is 0 Å². The molecule has 1 aliphatic carbocycles. The zero-order valence-corrected chi connectivity index (χ0v) is 13.9. The molecule has 4 nitrogen and oxygen atoms in total. The van der Waals surface area contributed by atoms with Crippen LogP contribution in [0.25, 0.3) is 0 Å². The first-order chi connectivity index (χ1) is 10.5. The number of carbonyl (C=O) groups is 2. The smallest absolute Gasteiger partial charge is 0.311 e. The van der Waals surface area contributed by atoms with Crippen molar-refractivity contribution in [3.05, 3.63) is 33.8 Å². The van der Waals surface area contributed by atoms with Crippen molar-refractivity contribution < 1.29 is 14.3 Å². The van der Waals surface area contributed by atoms with Crippen LogP contribution in [0.1, 0.15) is 38.2 Å². The van der Waals surface area contributed by atoms with Gasteiger partial charge in [-0.15, -0.1) is 0 Å². The van der Waals surface area contributed by atoms with E-state index in [0.29, 0.717) is 15.6 Å². The maximum absolute atomic E-state index is 12.0. The van der Waals surface area contributed by atoms with Crippen molar-refractivity contribution in [2.75, 3.05) is 0 Å². The molecule has 1 N–H and O–H groups in total. The molecule has 1 saturated carbocycles. The number of carbonyl (C=O) groups excluding carboxylic acids is 2. The largest absolute Gasteiger partial charge is 0.452 e. The second kappa shape index (κ2) is 7.84. The summed E-state index contributed by atoms with van der Waals surface area (Å²) in [5, 5.41) is 3.82. The number of hydrogen-bond acceptors (Lipinski definition) is 3. The molecule has 1 fully saturated rings. The summed E-state index contributed by atoms with van der Waals surface area (Å²) < 4.78 is 5.17. The number of benzene rings is 1. The highest BCUT2D eigenvalue weighted by Gasteiger charge is 2.23. The fraction of sp³-hybridized carbons (Fsp3) is 0.500. The Morgan fingerprint density at radius 1 is 1.32 bits per heavy atom. The molecule has 1 atom stereocenters. The lowest BCUT2D eigenvalue weighted by atomic mass is 10.1. The lowest BCUT2D eigenvalue weighted by Crippen LogP contribution is -2.41. The summed E-state index contributed by atoms with van der Waals surface area (Å²) in [6.45, 7) is 1.58. The van der Waals surface area contributed by atoms with Gasteiger partial charge in [-0.25, -0.2) is 0 Å². The zero-order chi connectivity index (χ0) is 16.1. The average molecular weight is 344 g/mol. The van der Waals surface area contributed by atoms with Crippen molar-refractivity contribution in [1.29, 1.82) is 0 Å². The van der Waals surface area contributed by atoms with Gasteiger partial charge in [0, 0.05) is 16.1 Å². The molecule has 0 unspecified atom stereocenters. The van der Waals surface area contributed by atoms with E-state index in [4.69, 9.17) is 27.9 Å². The van der Waals surface area contributed by atoms with Crippen molar-refractivity contribution in [3.8, 4) is 0 Å². The van der Waals surface area contributed by atoms with Crippen molar-refractivity contribution in [3.63, 3.8) is 0 Å². The van der Waals surface area contributed by atoms with E-state index in [1.807, 2.05) is 0 Å². The Balaban J connectivity index is 1.83. The Morgan fingerprint density at radius 2 is 2.00 bits per heavy atom. The van der Waals surface area contributed by atoms with E-state index in [-0.39, 0.29) is 18.4 Å². The number of ether oxygens (including phenoxy) is 1. The normalized spacial score (nSPS) is 16.3. The van der Waals surface area contributed by atoms with Crippen molar-refractivity contribution in [2.45, 2.75) is 51.2 Å². The summed E-state index contributed by atoms with van der Waals surface area (Å²) in [6.07, 6.45) is 3.46. The van der Waals surface area contributed by atoms with Gasteiger partial charge in [-0.3, -0.25) is 9.59 Å². The minimum Gasteiger partial charge on any atom is -0.452 e. The van der Waals surface area contributed by atoms with Gasteiger partial charge in [0.2, 0.25) is 0 Å². The lowest BCUT2D eigenvalue weighted by molar-refractivity contribution is -0.154. The van der Waals surface area contributed by atoms with Gasteiger partial charge in [0.25, 0.3) is 5.91 Å². The number of hydrogen-bond donors (Lipinski definition) is 1. The van der Waals surface area contributed by atoms with Crippen LogP contribution in [-0.2, 0) is 20.7 Å². The Morgan fingerprint density at radius 3 is 2.64 bits per heavy atom. The van der Waals surface area contributed by atoms with Gasteiger partial charge in [-0.2, -0.15) is 0 Å². The van der Waals surface area contributed by atoms with Crippen LogP contribution in [0.5, 0.6) is 0 Å². The average Bonchev–Trinajstić information content (AvgIpc) is 2.94. The summed E-state index contributed by atoms with van der Waals surface area (Å²) in [6, 6.07) is 5.11. The molecule has 120 valence electrons. The first kappa shape index (κ1) is 17.1. The number of halogens is 2. The molecule has 0 bridgehead atoms. The van der Waals surface area contributed by atoms with Crippen LogP contribution in [0, 0.1) is 0 Å². The summed E-state index contributed by atoms with van der Waals surface area (Å²) in [5.41, 5.74) is 0.625. The molecule has 0 saturated heterocycles. The summed E-state index contributed by atoms with van der Waals surface area (Å²) >= 11 is 11.8. The van der Waals surface area contributed by atoms with Crippen LogP contribution >= 0.6 is 23.2 Å². The van der Waals surface area contributed by atoms with Gasteiger partial charge in [0.05, 0.1) is 6.42 Å². The molecule has 1 amide bonds. The van der Waals surface area contributed by atoms with Gasteiger partial charge >= 0.3 is 5.97 Å². The van der Waals surface area contributed by atoms with Crippen LogP contribution in [0.3, 0.4) is 0 Å². The molecule has 1 aliphatic rings. The fourth-order valence-electron chi connectivity index (χ4n) is 2.50. The van der Waals surface area contributed by atoms with Crippen molar-refractivity contribution >= 4 is 35.1 Å². The third-order valence-electron chi connectivity index (χ3n) is 3.73. The highest BCUT2D eigenvalue weighted by Crippen LogP contribution is 2.22. The van der Waals surface area contributed by atoms with E-state index in [1.54, 1.807) is 25.1 Å². The van der Waals surface area contributed by atoms with E-state index in [1.165, 1.54) is 0 Å². The van der Waals surface area contributed by atoms with Crippen LogP contribution in [0.4, 0.5) is 0 Å². The third kappa shape index (κ3) is 4.89. The Kier molecular flexibility index (Phi) is 6.09. The molecule has 0 spiro atoms. The van der Waals surface area contributed by atoms with E-state index < -0.39 is 12.1 Å². The van der Waals surface area contributed by atoms with Crippen molar-refractivity contribution in [1.82, 2.24) is 5.32 Å². The van der Waals surface area contributed by atoms with E-state index in [2.05, 4.69) is 5.32 Å². The SMILES string of the molecule is C[C@H](OC(=O)Cc1ccc(Cl)cc1Cl)C(=O)NC1CCCC1. The van der Waals surface area contributed by atoms with Crippen LogP contribution in [0.2, 0.25) is 10.0 Å². The number of esters is 1. The molecule has 2 rings (SSSR count). The zero-order valence-electron chi connectivity index (χ0n) is 12.4. The molecule has 0 aromatic heterocycles. The predicted octanol–water partition coefficient (Wildman–Crippen LogP) is 3.53. The van der Waals surface area contributed by atoms with Gasteiger partial charge in [-0.05, 0) is 37.5 Å². The second-order valence-corrected chi connectivity index (χ2v) is 6.38. The fourth-order valence-corrected chi connectivity index (χ4v) is 2.98. The number of amides is 1. The molecule has 0 aliphatic heterocycles. The van der Waals surface area contributed by atoms with Gasteiger partial charge in [0.15, 0.2) is 6.10 Å². The van der Waals surface area contributed by atoms with Gasteiger partial charge in [0.1, 0.15) is 0 Å². The topological polar surface area (TPSA) is 55.4 Å². The predicted molar refractivity (Wildman–Crippen MR) is 86.1 cm³/mol. The molecule has 1 aromatic rings. The maximum Gasteiger partial charge on any atom is 0.311 e. The first-order valence-electron chi connectivity index (χ1n) is 7.39. The monoisotopic (exact) mass is 343 g/mol. The van der Waals surface area contributed by atoms with E-state index in [9.17, 15) is 9.59 Å². The van der Waals surface area contributed by atoms with Crippen LogP contribution in [-0.4, -0.2) is 24.0 Å². The summed E-state index contributed by atoms with van der Waals surface area (Å²) in [5.74, 6) is -0.735. The number of nitrogens with one attached hydrogen (secondary N) is 1. The molecular formula is C16H19Cl2NO3. The van der Waals surface area contributed by atoms with Crippen LogP contribution < -0.4 is 5.32 Å². The van der Waals surface area contributed by atoms with Gasteiger partial charge < -0.3 is 10.1 Å². The van der Waals surface area contributed by atoms with E-state index in [0.717, 1.165) is 25.7 Å². The molecule has 0 radical (unpaired) electrons. The van der Waals surface area contributed by atoms with Crippen LogP contribution in [0.15, 0.2) is 18.2 Å². The highest BCUT2D eigenvalue weighted by atomic mass is 35.5. The minimum absolute atomic E-state index is 0.0110. The summed E-state index contributed by atoms with van der Waals surface area (Å²) in [7, 11) is 0. The second-order valence-electron chi connectivity index (χ2n) is 5.53. The van der Waals surface area contributed by atoms with Crippen molar-refractivity contribution in [2.24, 2.45) is 0 Å². The highest BCUT2D eigenvalue weighted by molar-refractivity contribution is 6.35. The molecule has 1 aromatic carbocycles. The number of rotatable bonds is 5. The Hall–Kier alpha value is -1.26.